The largest absolute Gasteiger partial charge is 0.367 e. The van der Waals surface area contributed by atoms with E-state index in [4.69, 9.17) is 9.97 Å². The molecule has 7 aromatic rings. The number of benzene rings is 5. The average Bonchev–Trinajstić information content (AvgIpc) is 4.13. The number of hydrogen-bond donors (Lipinski definition) is 4. The van der Waals surface area contributed by atoms with Crippen LogP contribution in [0.3, 0.4) is 0 Å². The van der Waals surface area contributed by atoms with E-state index < -0.39 is 11.6 Å². The number of aromatic amines is 2. The van der Waals surface area contributed by atoms with Crippen LogP contribution >= 0.6 is 0 Å². The SMILES string of the molecule is Fc1cc(N2[C@@H](c3ccc4nc([C@@H]5CCCN5)[nH]c4c3)CC[C@H]2c2ccc3nc([C@@H]4CCCN4)[nH]c3c2)cc(F)c1N1CCC(c2ccccc2)(c2ccccc2)CC1. The number of aromatic nitrogens is 4. The molecule has 0 radical (unpaired) electrons. The number of halogens is 2. The second kappa shape index (κ2) is 14.9. The Morgan fingerprint density at radius 1 is 0.576 bits per heavy atom. The van der Waals surface area contributed by atoms with E-state index in [9.17, 15) is 0 Å². The zero-order chi connectivity index (χ0) is 39.5. The maximum absolute atomic E-state index is 16.8. The Labute approximate surface area is 343 Å². The zero-order valence-corrected chi connectivity index (χ0v) is 33.2. The van der Waals surface area contributed by atoms with Gasteiger partial charge in [0.1, 0.15) is 17.3 Å². The number of nitrogens with zero attached hydrogens (tertiary/aromatic N) is 4. The lowest BCUT2D eigenvalue weighted by atomic mass is 9.68. The van der Waals surface area contributed by atoms with Crippen molar-refractivity contribution in [1.82, 2.24) is 30.6 Å². The molecule has 4 aliphatic heterocycles. The van der Waals surface area contributed by atoms with Gasteiger partial charge in [-0.3, -0.25) is 0 Å². The molecule has 4 saturated heterocycles. The normalized spacial score (nSPS) is 23.2. The molecular formula is C49H50F2N8. The monoisotopic (exact) mass is 788 g/mol. The summed E-state index contributed by atoms with van der Waals surface area (Å²) < 4.78 is 33.6. The fraction of sp³-hybridized carbons (Fsp3) is 0.347. The fourth-order valence-corrected chi connectivity index (χ4v) is 10.9. The summed E-state index contributed by atoms with van der Waals surface area (Å²) in [5.41, 5.74) is 8.92. The number of hydrogen-bond acceptors (Lipinski definition) is 6. The van der Waals surface area contributed by atoms with Gasteiger partial charge in [-0.1, -0.05) is 72.8 Å². The van der Waals surface area contributed by atoms with E-state index in [0.717, 1.165) is 109 Å². The molecule has 0 aliphatic carbocycles. The van der Waals surface area contributed by atoms with Gasteiger partial charge in [-0.05, 0) is 123 Å². The molecule has 300 valence electrons. The number of imidazole rings is 2. The van der Waals surface area contributed by atoms with Gasteiger partial charge in [0.25, 0.3) is 0 Å². The number of piperidine rings is 1. The van der Waals surface area contributed by atoms with Gasteiger partial charge >= 0.3 is 0 Å². The number of rotatable bonds is 8. The molecule has 6 heterocycles. The molecule has 5 aromatic carbocycles. The van der Waals surface area contributed by atoms with Crippen LogP contribution in [0.15, 0.2) is 109 Å². The summed E-state index contributed by atoms with van der Waals surface area (Å²) in [6, 6.07) is 37.5. The summed E-state index contributed by atoms with van der Waals surface area (Å²) in [4.78, 5) is 21.2. The van der Waals surface area contributed by atoms with Crippen molar-refractivity contribution in [2.75, 3.05) is 36.0 Å². The number of nitrogens with one attached hydrogen (secondary N) is 4. The summed E-state index contributed by atoms with van der Waals surface area (Å²) in [6.45, 7) is 3.08. The van der Waals surface area contributed by atoms with Crippen molar-refractivity contribution < 1.29 is 8.78 Å². The van der Waals surface area contributed by atoms with E-state index >= 15 is 8.78 Å². The molecule has 11 rings (SSSR count). The highest BCUT2D eigenvalue weighted by molar-refractivity contribution is 5.78. The van der Waals surface area contributed by atoms with Crippen molar-refractivity contribution in [2.45, 2.75) is 80.9 Å². The summed E-state index contributed by atoms with van der Waals surface area (Å²) in [6.07, 6.45) is 7.57. The maximum atomic E-state index is 16.8. The van der Waals surface area contributed by atoms with Gasteiger partial charge in [0, 0.05) is 24.2 Å². The lowest BCUT2D eigenvalue weighted by molar-refractivity contribution is 0.387. The number of H-pyrrole nitrogens is 2. The first-order valence-corrected chi connectivity index (χ1v) is 21.6. The molecule has 10 heteroatoms. The van der Waals surface area contributed by atoms with E-state index in [2.05, 4.69) is 110 Å². The summed E-state index contributed by atoms with van der Waals surface area (Å²) in [5, 5.41) is 7.11. The molecule has 0 spiro atoms. The molecule has 4 aliphatic rings. The number of anilines is 2. The molecule has 4 atom stereocenters. The van der Waals surface area contributed by atoms with Crippen LogP contribution in [0, 0.1) is 11.6 Å². The standard InChI is InChI=1S/C49H50F2N8/c50-36-29-35(30-37(51)46(36)58-25-21-49(22-26-58,33-9-3-1-4-10-33)34-11-5-2-6-12-34)59-44(31-15-17-38-42(27-31)56-47(54-38)40-13-7-23-52-40)19-20-45(59)32-16-18-39-43(28-32)57-48(55-39)41-14-8-24-53-41/h1-6,9-12,15-18,27-30,40-41,44-45,52-53H,7-8,13-14,19-26H2,(H,54,56)(H,55,57)/t40-,41-,44-,45+/m0/s1. The summed E-state index contributed by atoms with van der Waals surface area (Å²) >= 11 is 0. The third-order valence-electron chi connectivity index (χ3n) is 13.9. The van der Waals surface area contributed by atoms with Crippen molar-refractivity contribution in [3.63, 3.8) is 0 Å². The van der Waals surface area contributed by atoms with Gasteiger partial charge < -0.3 is 30.4 Å². The first-order valence-electron chi connectivity index (χ1n) is 21.6. The van der Waals surface area contributed by atoms with E-state index in [-0.39, 0.29) is 35.3 Å². The van der Waals surface area contributed by atoms with Crippen molar-refractivity contribution in [3.05, 3.63) is 155 Å². The van der Waals surface area contributed by atoms with E-state index in [0.29, 0.717) is 18.8 Å². The van der Waals surface area contributed by atoms with Crippen molar-refractivity contribution in [3.8, 4) is 0 Å². The Morgan fingerprint density at radius 3 is 1.53 bits per heavy atom. The molecule has 4 fully saturated rings. The Bertz CT molecular complexity index is 2430. The maximum Gasteiger partial charge on any atom is 0.151 e. The molecule has 0 saturated carbocycles. The Kier molecular flexibility index (Phi) is 9.22. The Balaban J connectivity index is 0.941. The van der Waals surface area contributed by atoms with Gasteiger partial charge in [0.15, 0.2) is 11.6 Å². The fourth-order valence-electron chi connectivity index (χ4n) is 10.9. The van der Waals surface area contributed by atoms with Crippen molar-refractivity contribution in [2.24, 2.45) is 0 Å². The molecule has 59 heavy (non-hydrogen) atoms. The van der Waals surface area contributed by atoms with Gasteiger partial charge in [-0.15, -0.1) is 0 Å². The van der Waals surface area contributed by atoms with Crippen LogP contribution in [0.4, 0.5) is 20.2 Å². The molecular weight excluding hydrogens is 739 g/mol. The van der Waals surface area contributed by atoms with E-state index in [1.807, 2.05) is 17.0 Å². The van der Waals surface area contributed by atoms with Crippen LogP contribution in [0.2, 0.25) is 0 Å². The van der Waals surface area contributed by atoms with Crippen molar-refractivity contribution >= 4 is 33.4 Å². The topological polar surface area (TPSA) is 87.9 Å². The first kappa shape index (κ1) is 36.5. The second-order valence-corrected chi connectivity index (χ2v) is 17.2. The van der Waals surface area contributed by atoms with E-state index in [1.165, 1.54) is 11.1 Å². The third-order valence-corrected chi connectivity index (χ3v) is 13.9. The smallest absolute Gasteiger partial charge is 0.151 e. The van der Waals surface area contributed by atoms with Crippen molar-refractivity contribution in [1.29, 1.82) is 0 Å². The lowest BCUT2D eigenvalue weighted by Crippen LogP contribution is -2.44. The molecule has 0 unspecified atom stereocenters. The average molecular weight is 789 g/mol. The molecule has 8 nitrogen and oxygen atoms in total. The predicted octanol–water partition coefficient (Wildman–Crippen LogP) is 10.2. The first-order chi connectivity index (χ1) is 29.0. The quantitative estimate of drug-likeness (QED) is 0.123. The minimum Gasteiger partial charge on any atom is -0.367 e. The predicted molar refractivity (Wildman–Crippen MR) is 231 cm³/mol. The van der Waals surface area contributed by atoms with Gasteiger partial charge in [-0.2, -0.15) is 0 Å². The van der Waals surface area contributed by atoms with Crippen LogP contribution < -0.4 is 20.4 Å². The second-order valence-electron chi connectivity index (χ2n) is 17.2. The van der Waals surface area contributed by atoms with Crippen LogP contribution in [0.25, 0.3) is 22.1 Å². The van der Waals surface area contributed by atoms with E-state index in [1.54, 1.807) is 12.1 Å². The molecule has 4 N–H and O–H groups in total. The third kappa shape index (κ3) is 6.48. The summed E-state index contributed by atoms with van der Waals surface area (Å²) in [5.74, 6) is 0.898. The minimum absolute atomic E-state index is 0.0645. The van der Waals surface area contributed by atoms with Crippen LogP contribution in [0.1, 0.15) is 109 Å². The molecule has 0 bridgehead atoms. The van der Waals surface area contributed by atoms with Gasteiger partial charge in [0.05, 0.1) is 46.2 Å². The van der Waals surface area contributed by atoms with Gasteiger partial charge in [-0.25, -0.2) is 18.7 Å². The molecule has 2 aromatic heterocycles. The lowest BCUT2D eigenvalue weighted by Gasteiger charge is -2.44. The molecule has 0 amide bonds. The highest BCUT2D eigenvalue weighted by atomic mass is 19.1. The van der Waals surface area contributed by atoms with Crippen LogP contribution in [0.5, 0.6) is 0 Å². The number of fused-ring (bicyclic) bond motifs is 2. The minimum atomic E-state index is -0.522. The highest BCUT2D eigenvalue weighted by Crippen LogP contribution is 2.49. The van der Waals surface area contributed by atoms with Crippen LogP contribution in [-0.2, 0) is 5.41 Å². The highest BCUT2D eigenvalue weighted by Gasteiger charge is 2.40. The zero-order valence-electron chi connectivity index (χ0n) is 33.2. The Hall–Kier alpha value is -5.58. The Morgan fingerprint density at radius 2 is 1.07 bits per heavy atom. The van der Waals surface area contributed by atoms with Crippen LogP contribution in [-0.4, -0.2) is 46.1 Å². The summed E-state index contributed by atoms with van der Waals surface area (Å²) in [7, 11) is 0. The van der Waals surface area contributed by atoms with Gasteiger partial charge in [0.2, 0.25) is 0 Å².